The van der Waals surface area contributed by atoms with E-state index in [0.717, 1.165) is 36.6 Å². The standard InChI is InChI=1S/C26H34N4O3S2/c1-5-7-12-30(6-2)35(32,33)22-10-8-21(9-11-22)25(31)28-13-15-29(16-14-28)26-27-23-18-19(3)17-20(4)24(23)34-26/h8-11,17-18H,5-7,12-16H2,1-4H3. The van der Waals surface area contributed by atoms with Crippen molar-refractivity contribution in [2.75, 3.05) is 44.2 Å². The molecule has 1 aromatic heterocycles. The van der Waals surface area contributed by atoms with Crippen molar-refractivity contribution < 1.29 is 13.2 Å². The number of aromatic nitrogens is 1. The number of carbonyl (C=O) groups is 1. The number of sulfonamides is 1. The predicted octanol–water partition coefficient (Wildman–Crippen LogP) is 4.69. The van der Waals surface area contributed by atoms with Gasteiger partial charge in [0, 0.05) is 44.8 Å². The van der Waals surface area contributed by atoms with Crippen LogP contribution in [0.3, 0.4) is 0 Å². The first-order valence-corrected chi connectivity index (χ1v) is 14.5. The highest BCUT2D eigenvalue weighted by Crippen LogP contribution is 2.32. The SMILES string of the molecule is CCCCN(CC)S(=O)(=O)c1ccc(C(=O)N2CCN(c3nc4cc(C)cc(C)c4s3)CC2)cc1. The van der Waals surface area contributed by atoms with Gasteiger partial charge in [-0.15, -0.1) is 0 Å². The molecular weight excluding hydrogens is 480 g/mol. The number of hydrogen-bond donors (Lipinski definition) is 0. The van der Waals surface area contributed by atoms with E-state index in [4.69, 9.17) is 4.98 Å². The molecule has 3 aromatic rings. The number of piperazine rings is 1. The molecule has 2 aromatic carbocycles. The van der Waals surface area contributed by atoms with Gasteiger partial charge in [0.1, 0.15) is 0 Å². The van der Waals surface area contributed by atoms with Gasteiger partial charge in [0.2, 0.25) is 10.0 Å². The van der Waals surface area contributed by atoms with Crippen LogP contribution in [0.5, 0.6) is 0 Å². The minimum absolute atomic E-state index is 0.0669. The van der Waals surface area contributed by atoms with Crippen molar-refractivity contribution in [1.82, 2.24) is 14.2 Å². The van der Waals surface area contributed by atoms with Crippen LogP contribution in [0.2, 0.25) is 0 Å². The molecular formula is C26H34N4O3S2. The largest absolute Gasteiger partial charge is 0.345 e. The molecule has 0 radical (unpaired) electrons. The summed E-state index contributed by atoms with van der Waals surface area (Å²) >= 11 is 1.71. The Morgan fingerprint density at radius 2 is 1.74 bits per heavy atom. The second-order valence-corrected chi connectivity index (χ2v) is 12.0. The summed E-state index contributed by atoms with van der Waals surface area (Å²) in [5, 5.41) is 0.999. The van der Waals surface area contributed by atoms with Crippen molar-refractivity contribution in [3.8, 4) is 0 Å². The van der Waals surface area contributed by atoms with E-state index < -0.39 is 10.0 Å². The Labute approximate surface area is 212 Å². The molecule has 0 saturated carbocycles. The maximum atomic E-state index is 13.1. The Morgan fingerprint density at radius 3 is 2.37 bits per heavy atom. The van der Waals surface area contributed by atoms with Gasteiger partial charge in [-0.2, -0.15) is 4.31 Å². The van der Waals surface area contributed by atoms with Crippen LogP contribution in [0.1, 0.15) is 48.2 Å². The average molecular weight is 515 g/mol. The molecule has 1 fully saturated rings. The lowest BCUT2D eigenvalue weighted by Crippen LogP contribution is -2.48. The number of anilines is 1. The number of amides is 1. The summed E-state index contributed by atoms with van der Waals surface area (Å²) in [4.78, 5) is 22.2. The summed E-state index contributed by atoms with van der Waals surface area (Å²) < 4.78 is 28.6. The van der Waals surface area contributed by atoms with Crippen LogP contribution in [0.15, 0.2) is 41.3 Å². The Balaban J connectivity index is 1.41. The van der Waals surface area contributed by atoms with Crippen LogP contribution in [0.25, 0.3) is 10.2 Å². The van der Waals surface area contributed by atoms with E-state index in [1.807, 2.05) is 18.7 Å². The van der Waals surface area contributed by atoms with Crippen molar-refractivity contribution in [3.63, 3.8) is 0 Å². The quantitative estimate of drug-likeness (QED) is 0.436. The maximum absolute atomic E-state index is 13.1. The summed E-state index contributed by atoms with van der Waals surface area (Å²) in [5.41, 5.74) is 4.01. The molecule has 188 valence electrons. The number of thiazole rings is 1. The van der Waals surface area contributed by atoms with Gasteiger partial charge in [-0.25, -0.2) is 13.4 Å². The lowest BCUT2D eigenvalue weighted by Gasteiger charge is -2.34. The number of aryl methyl sites for hydroxylation is 2. The molecule has 1 saturated heterocycles. The summed E-state index contributed by atoms with van der Waals surface area (Å²) in [6, 6.07) is 10.7. The summed E-state index contributed by atoms with van der Waals surface area (Å²) in [7, 11) is -3.55. The van der Waals surface area contributed by atoms with Crippen LogP contribution >= 0.6 is 11.3 Å². The van der Waals surface area contributed by atoms with E-state index in [9.17, 15) is 13.2 Å². The van der Waals surface area contributed by atoms with Crippen LogP contribution in [-0.4, -0.2) is 67.8 Å². The minimum Gasteiger partial charge on any atom is -0.345 e. The first-order chi connectivity index (χ1) is 16.7. The molecule has 4 rings (SSSR count). The first kappa shape index (κ1) is 25.6. The third-order valence-corrected chi connectivity index (χ3v) is 9.75. The number of benzene rings is 2. The second kappa shape index (κ2) is 10.6. The topological polar surface area (TPSA) is 73.8 Å². The fourth-order valence-corrected chi connectivity index (χ4v) is 7.04. The van der Waals surface area contributed by atoms with Gasteiger partial charge >= 0.3 is 0 Å². The average Bonchev–Trinajstić information content (AvgIpc) is 3.28. The summed E-state index contributed by atoms with van der Waals surface area (Å²) in [6.45, 7) is 11.7. The first-order valence-electron chi connectivity index (χ1n) is 12.3. The molecule has 35 heavy (non-hydrogen) atoms. The van der Waals surface area contributed by atoms with Crippen molar-refractivity contribution in [3.05, 3.63) is 53.1 Å². The van der Waals surface area contributed by atoms with Crippen LogP contribution < -0.4 is 4.90 Å². The Morgan fingerprint density at radius 1 is 1.06 bits per heavy atom. The molecule has 1 aliphatic heterocycles. The minimum atomic E-state index is -3.55. The predicted molar refractivity (Wildman–Crippen MR) is 143 cm³/mol. The molecule has 0 bridgehead atoms. The Bertz CT molecular complexity index is 1290. The van der Waals surface area contributed by atoms with Gasteiger partial charge in [0.15, 0.2) is 5.13 Å². The lowest BCUT2D eigenvalue weighted by molar-refractivity contribution is 0.0746. The van der Waals surface area contributed by atoms with Crippen molar-refractivity contribution in [2.45, 2.75) is 45.4 Å². The third kappa shape index (κ3) is 5.37. The van der Waals surface area contributed by atoms with E-state index in [-0.39, 0.29) is 10.8 Å². The Kier molecular flexibility index (Phi) is 7.78. The van der Waals surface area contributed by atoms with Crippen LogP contribution in [0.4, 0.5) is 5.13 Å². The molecule has 1 aliphatic rings. The summed E-state index contributed by atoms with van der Waals surface area (Å²) in [6.07, 6.45) is 1.76. The van der Waals surface area contributed by atoms with E-state index in [0.29, 0.717) is 31.7 Å². The van der Waals surface area contributed by atoms with Gasteiger partial charge < -0.3 is 9.80 Å². The van der Waals surface area contributed by atoms with Crippen molar-refractivity contribution in [1.29, 1.82) is 0 Å². The third-order valence-electron chi connectivity index (χ3n) is 6.50. The normalized spacial score (nSPS) is 14.8. The van der Waals surface area contributed by atoms with Gasteiger partial charge in [-0.1, -0.05) is 37.7 Å². The maximum Gasteiger partial charge on any atom is 0.253 e. The number of carbonyl (C=O) groups excluding carboxylic acids is 1. The monoisotopic (exact) mass is 514 g/mol. The fraction of sp³-hybridized carbons (Fsp3) is 0.462. The summed E-state index contributed by atoms with van der Waals surface area (Å²) in [5.74, 6) is -0.0669. The fourth-order valence-electron chi connectivity index (χ4n) is 4.48. The molecule has 7 nitrogen and oxygen atoms in total. The number of fused-ring (bicyclic) bond motifs is 1. The molecule has 0 atom stereocenters. The smallest absolute Gasteiger partial charge is 0.253 e. The van der Waals surface area contributed by atoms with Gasteiger partial charge in [0.05, 0.1) is 15.1 Å². The molecule has 1 amide bonds. The Hall–Kier alpha value is -2.49. The molecule has 9 heteroatoms. The molecule has 2 heterocycles. The lowest BCUT2D eigenvalue weighted by atomic mass is 10.1. The highest BCUT2D eigenvalue weighted by atomic mass is 32.2. The molecule has 0 N–H and O–H groups in total. The highest BCUT2D eigenvalue weighted by Gasteiger charge is 2.26. The van der Waals surface area contributed by atoms with Crippen LogP contribution in [0, 0.1) is 13.8 Å². The van der Waals surface area contributed by atoms with Gasteiger partial charge in [-0.05, 0) is 61.7 Å². The van der Waals surface area contributed by atoms with E-state index >= 15 is 0 Å². The number of nitrogens with zero attached hydrogens (tertiary/aromatic N) is 4. The zero-order chi connectivity index (χ0) is 25.2. The van der Waals surface area contributed by atoms with Crippen molar-refractivity contribution >= 4 is 42.6 Å². The van der Waals surface area contributed by atoms with Crippen molar-refractivity contribution in [2.24, 2.45) is 0 Å². The number of unbranched alkanes of at least 4 members (excludes halogenated alkanes) is 1. The number of rotatable bonds is 8. The van der Waals surface area contributed by atoms with E-state index in [1.165, 1.54) is 20.1 Å². The zero-order valence-electron chi connectivity index (χ0n) is 21.0. The van der Waals surface area contributed by atoms with Crippen LogP contribution in [-0.2, 0) is 10.0 Å². The molecule has 0 aliphatic carbocycles. The van der Waals surface area contributed by atoms with E-state index in [2.05, 4.69) is 30.9 Å². The molecule has 0 unspecified atom stereocenters. The van der Waals surface area contributed by atoms with Gasteiger partial charge in [0.25, 0.3) is 5.91 Å². The molecule has 0 spiro atoms. The second-order valence-electron chi connectivity index (χ2n) is 9.08. The van der Waals surface area contributed by atoms with E-state index in [1.54, 1.807) is 35.6 Å². The zero-order valence-corrected chi connectivity index (χ0v) is 22.6. The highest BCUT2D eigenvalue weighted by molar-refractivity contribution is 7.89. The van der Waals surface area contributed by atoms with Gasteiger partial charge in [-0.3, -0.25) is 4.79 Å². The number of hydrogen-bond acceptors (Lipinski definition) is 6.